The van der Waals surface area contributed by atoms with Gasteiger partial charge in [-0.1, -0.05) is 0 Å². The Labute approximate surface area is 100 Å². The van der Waals surface area contributed by atoms with E-state index in [0.29, 0.717) is 11.8 Å². The predicted octanol–water partition coefficient (Wildman–Crippen LogP) is 1.63. The Morgan fingerprint density at radius 2 is 1.69 bits per heavy atom. The molecule has 0 aromatic carbocycles. The second-order valence-electron chi connectivity index (χ2n) is 4.78. The van der Waals surface area contributed by atoms with Crippen LogP contribution in [0.25, 0.3) is 0 Å². The van der Waals surface area contributed by atoms with Crippen LogP contribution in [0.3, 0.4) is 0 Å². The van der Waals surface area contributed by atoms with E-state index < -0.39 is 17.3 Å². The summed E-state index contributed by atoms with van der Waals surface area (Å²) < 4.78 is 0. The topological polar surface area (TPSA) is 58.2 Å². The van der Waals surface area contributed by atoms with Crippen LogP contribution in [0.1, 0.15) is 32.6 Å². The van der Waals surface area contributed by atoms with Gasteiger partial charge in [0.05, 0.1) is 0 Å². The summed E-state index contributed by atoms with van der Waals surface area (Å²) in [5, 5.41) is 4.48. The van der Waals surface area contributed by atoms with Gasteiger partial charge in [-0.05, 0) is 44.4 Å². The molecule has 90 valence electrons. The van der Waals surface area contributed by atoms with Crippen molar-refractivity contribution >= 4 is 23.5 Å². The SMILES string of the molecule is CC(Cl)C(=O)NC(=O)NC(C1CC1)C1CC1. The van der Waals surface area contributed by atoms with E-state index in [1.807, 2.05) is 0 Å². The van der Waals surface area contributed by atoms with Crippen molar-refractivity contribution in [2.75, 3.05) is 0 Å². The molecule has 1 atom stereocenters. The van der Waals surface area contributed by atoms with Gasteiger partial charge in [0, 0.05) is 6.04 Å². The van der Waals surface area contributed by atoms with Gasteiger partial charge in [0.1, 0.15) is 5.38 Å². The van der Waals surface area contributed by atoms with Crippen LogP contribution in [0.2, 0.25) is 0 Å². The van der Waals surface area contributed by atoms with Gasteiger partial charge in [-0.15, -0.1) is 11.6 Å². The molecule has 16 heavy (non-hydrogen) atoms. The highest BCUT2D eigenvalue weighted by atomic mass is 35.5. The Morgan fingerprint density at radius 3 is 2.06 bits per heavy atom. The Hall–Kier alpha value is -0.770. The lowest BCUT2D eigenvalue weighted by Crippen LogP contribution is -2.47. The molecule has 1 unspecified atom stereocenters. The second-order valence-corrected chi connectivity index (χ2v) is 5.43. The van der Waals surface area contributed by atoms with Crippen LogP contribution in [0.4, 0.5) is 4.79 Å². The van der Waals surface area contributed by atoms with Crippen molar-refractivity contribution in [1.82, 2.24) is 10.6 Å². The fraction of sp³-hybridized carbons (Fsp3) is 0.818. The third kappa shape index (κ3) is 3.11. The van der Waals surface area contributed by atoms with Crippen molar-refractivity contribution in [3.63, 3.8) is 0 Å². The van der Waals surface area contributed by atoms with Crippen LogP contribution in [0, 0.1) is 11.8 Å². The summed E-state index contributed by atoms with van der Waals surface area (Å²) >= 11 is 5.57. The van der Waals surface area contributed by atoms with Gasteiger partial charge in [0.2, 0.25) is 5.91 Å². The molecule has 0 spiro atoms. The van der Waals surface area contributed by atoms with Gasteiger partial charge in [-0.25, -0.2) is 4.79 Å². The lowest BCUT2D eigenvalue weighted by molar-refractivity contribution is -0.119. The van der Waals surface area contributed by atoms with E-state index in [4.69, 9.17) is 11.6 Å². The molecule has 0 aliphatic heterocycles. The van der Waals surface area contributed by atoms with Crippen LogP contribution in [-0.2, 0) is 4.79 Å². The van der Waals surface area contributed by atoms with Crippen molar-refractivity contribution in [2.45, 2.75) is 44.0 Å². The lowest BCUT2D eigenvalue weighted by atomic mass is 10.1. The Morgan fingerprint density at radius 1 is 1.19 bits per heavy atom. The molecule has 2 saturated carbocycles. The summed E-state index contributed by atoms with van der Waals surface area (Å²) in [6, 6.07) is -0.139. The number of carbonyl (C=O) groups is 2. The van der Waals surface area contributed by atoms with E-state index in [1.54, 1.807) is 6.92 Å². The first-order chi connectivity index (χ1) is 7.58. The number of alkyl halides is 1. The first kappa shape index (κ1) is 11.7. The Bertz CT molecular complexity index is 286. The van der Waals surface area contributed by atoms with Crippen LogP contribution < -0.4 is 10.6 Å². The number of hydrogen-bond acceptors (Lipinski definition) is 2. The van der Waals surface area contributed by atoms with E-state index in [0.717, 1.165) is 0 Å². The molecule has 2 fully saturated rings. The molecular formula is C11H17ClN2O2. The maximum atomic E-state index is 11.5. The van der Waals surface area contributed by atoms with Gasteiger partial charge >= 0.3 is 6.03 Å². The highest BCUT2D eigenvalue weighted by Crippen LogP contribution is 2.44. The lowest BCUT2D eigenvalue weighted by Gasteiger charge is -2.17. The minimum absolute atomic E-state index is 0.262. The molecule has 2 rings (SSSR count). The van der Waals surface area contributed by atoms with Crippen LogP contribution in [-0.4, -0.2) is 23.4 Å². The molecule has 5 heteroatoms. The zero-order valence-electron chi connectivity index (χ0n) is 9.33. The van der Waals surface area contributed by atoms with Gasteiger partial charge in [0.15, 0.2) is 0 Å². The normalized spacial score (nSPS) is 21.7. The number of imide groups is 1. The maximum Gasteiger partial charge on any atom is 0.321 e. The number of hydrogen-bond donors (Lipinski definition) is 2. The van der Waals surface area contributed by atoms with Crippen LogP contribution >= 0.6 is 11.6 Å². The zero-order chi connectivity index (χ0) is 11.7. The van der Waals surface area contributed by atoms with E-state index in [1.165, 1.54) is 25.7 Å². The average Bonchev–Trinajstić information content (AvgIpc) is 3.05. The monoisotopic (exact) mass is 244 g/mol. The molecular weight excluding hydrogens is 228 g/mol. The summed E-state index contributed by atoms with van der Waals surface area (Å²) in [5.41, 5.74) is 0. The first-order valence-corrected chi connectivity index (χ1v) is 6.27. The van der Waals surface area contributed by atoms with Crippen molar-refractivity contribution in [2.24, 2.45) is 11.8 Å². The zero-order valence-corrected chi connectivity index (χ0v) is 10.1. The van der Waals surface area contributed by atoms with E-state index >= 15 is 0 Å². The fourth-order valence-corrected chi connectivity index (χ4v) is 1.98. The predicted molar refractivity (Wildman–Crippen MR) is 61.2 cm³/mol. The molecule has 0 saturated heterocycles. The van der Waals surface area contributed by atoms with Gasteiger partial charge in [-0.2, -0.15) is 0 Å². The van der Waals surface area contributed by atoms with Crippen molar-refractivity contribution in [1.29, 1.82) is 0 Å². The average molecular weight is 245 g/mol. The number of rotatable bonds is 4. The maximum absolute atomic E-state index is 11.5. The minimum atomic E-state index is -0.675. The largest absolute Gasteiger partial charge is 0.335 e. The summed E-state index contributed by atoms with van der Waals surface area (Å²) in [4.78, 5) is 22.7. The minimum Gasteiger partial charge on any atom is -0.335 e. The van der Waals surface area contributed by atoms with Gasteiger partial charge in [0.25, 0.3) is 0 Å². The summed E-state index contributed by atoms with van der Waals surface area (Å²) in [6.07, 6.45) is 4.78. The van der Waals surface area contributed by atoms with E-state index in [-0.39, 0.29) is 6.04 Å². The number of amides is 3. The first-order valence-electron chi connectivity index (χ1n) is 5.83. The molecule has 0 radical (unpaired) electrons. The second kappa shape index (κ2) is 4.62. The summed E-state index contributed by atoms with van der Waals surface area (Å²) in [5.74, 6) is 0.813. The smallest absolute Gasteiger partial charge is 0.321 e. The van der Waals surface area contributed by atoms with E-state index in [2.05, 4.69) is 10.6 Å². The highest BCUT2D eigenvalue weighted by Gasteiger charge is 2.42. The van der Waals surface area contributed by atoms with E-state index in [9.17, 15) is 9.59 Å². The molecule has 0 bridgehead atoms. The standard InChI is InChI=1S/C11H17ClN2O2/c1-6(12)10(15)14-11(16)13-9(7-2-3-7)8-4-5-8/h6-9H,2-5H2,1H3,(H2,13,14,15,16). The summed E-state index contributed by atoms with van der Waals surface area (Å²) in [7, 11) is 0. The third-order valence-electron chi connectivity index (χ3n) is 3.16. The molecule has 4 nitrogen and oxygen atoms in total. The van der Waals surface area contributed by atoms with Crippen LogP contribution in [0.15, 0.2) is 0 Å². The molecule has 3 amide bonds. The molecule has 0 heterocycles. The number of nitrogens with one attached hydrogen (secondary N) is 2. The van der Waals surface area contributed by atoms with Gasteiger partial charge in [-0.3, -0.25) is 10.1 Å². The molecule has 0 aromatic rings. The fourth-order valence-electron chi connectivity index (χ4n) is 1.93. The number of carbonyl (C=O) groups excluding carboxylic acids is 2. The quantitative estimate of drug-likeness (QED) is 0.739. The van der Waals surface area contributed by atoms with Crippen molar-refractivity contribution in [3.05, 3.63) is 0 Å². The number of urea groups is 1. The highest BCUT2D eigenvalue weighted by molar-refractivity contribution is 6.31. The Kier molecular flexibility index (Phi) is 3.38. The van der Waals surface area contributed by atoms with Crippen molar-refractivity contribution < 1.29 is 9.59 Å². The Balaban J connectivity index is 1.78. The van der Waals surface area contributed by atoms with Crippen LogP contribution in [0.5, 0.6) is 0 Å². The molecule has 2 aliphatic carbocycles. The number of halogens is 1. The summed E-state index contributed by atoms with van der Waals surface area (Å²) in [6.45, 7) is 1.55. The molecule has 0 aromatic heterocycles. The molecule has 2 aliphatic rings. The van der Waals surface area contributed by atoms with Crippen molar-refractivity contribution in [3.8, 4) is 0 Å². The molecule has 2 N–H and O–H groups in total. The third-order valence-corrected chi connectivity index (χ3v) is 3.35. The van der Waals surface area contributed by atoms with Gasteiger partial charge < -0.3 is 5.32 Å².